The summed E-state index contributed by atoms with van der Waals surface area (Å²) in [4.78, 5) is 19.1. The van der Waals surface area contributed by atoms with Crippen LogP contribution in [0.15, 0.2) is 55.0 Å². The number of carbonyl (C=O) groups excluding carboxylic acids is 1. The summed E-state index contributed by atoms with van der Waals surface area (Å²) in [6.45, 7) is 5.39. The Hall–Kier alpha value is -2.73. The summed E-state index contributed by atoms with van der Waals surface area (Å²) >= 11 is 0. The van der Waals surface area contributed by atoms with Crippen LogP contribution in [0.5, 0.6) is 0 Å². The number of benzene rings is 1. The van der Waals surface area contributed by atoms with Gasteiger partial charge in [-0.15, -0.1) is 0 Å². The number of rotatable bonds is 3. The van der Waals surface area contributed by atoms with Crippen molar-refractivity contribution < 1.29 is 9.53 Å². The third-order valence-electron chi connectivity index (χ3n) is 4.85. The number of hydrogen-bond acceptors (Lipinski definition) is 4. The predicted octanol–water partition coefficient (Wildman–Crippen LogP) is 2.97. The number of pyridine rings is 1. The molecule has 4 rings (SSSR count). The molecular formula is C20H22N4O2. The Labute approximate surface area is 152 Å². The van der Waals surface area contributed by atoms with Gasteiger partial charge >= 0.3 is 0 Å². The fourth-order valence-electron chi connectivity index (χ4n) is 3.30. The molecule has 26 heavy (non-hydrogen) atoms. The summed E-state index contributed by atoms with van der Waals surface area (Å²) < 4.78 is 7.91. The summed E-state index contributed by atoms with van der Waals surface area (Å²) in [6.07, 6.45) is 3.12. The minimum absolute atomic E-state index is 0.00252. The number of morpholine rings is 1. The molecule has 0 saturated carbocycles. The van der Waals surface area contributed by atoms with Crippen LogP contribution in [0.25, 0.3) is 5.65 Å². The lowest BCUT2D eigenvalue weighted by Gasteiger charge is -2.40. The molecule has 3 aromatic rings. The fourth-order valence-corrected chi connectivity index (χ4v) is 3.30. The number of aromatic nitrogens is 3. The normalized spacial score (nSPS) is 20.7. The third-order valence-corrected chi connectivity index (χ3v) is 4.85. The maximum Gasteiger partial charge on any atom is 0.255 e. The quantitative estimate of drug-likeness (QED) is 0.729. The van der Waals surface area contributed by atoms with Crippen molar-refractivity contribution in [1.82, 2.24) is 19.5 Å². The van der Waals surface area contributed by atoms with Gasteiger partial charge in [-0.3, -0.25) is 4.79 Å². The molecule has 2 aromatic heterocycles. The molecule has 6 nitrogen and oxygen atoms in total. The summed E-state index contributed by atoms with van der Waals surface area (Å²) in [6, 6.07) is 13.7. The fraction of sp³-hybridized carbons (Fsp3) is 0.350. The first-order chi connectivity index (χ1) is 12.6. The van der Waals surface area contributed by atoms with Crippen LogP contribution in [-0.2, 0) is 4.74 Å². The Bertz CT molecular complexity index is 906. The topological polar surface area (TPSA) is 59.7 Å². The van der Waals surface area contributed by atoms with Crippen LogP contribution < -0.4 is 0 Å². The molecule has 1 fully saturated rings. The van der Waals surface area contributed by atoms with Crippen molar-refractivity contribution in [2.45, 2.75) is 26.1 Å². The molecule has 1 aliphatic heterocycles. The summed E-state index contributed by atoms with van der Waals surface area (Å²) in [5.74, 6) is 0.326. The predicted molar refractivity (Wildman–Crippen MR) is 97.8 cm³/mol. The van der Waals surface area contributed by atoms with Gasteiger partial charge in [0.05, 0.1) is 18.2 Å². The van der Waals surface area contributed by atoms with Crippen LogP contribution in [-0.4, -0.2) is 44.6 Å². The molecule has 3 heterocycles. The number of nitrogens with zero attached hydrogens (tertiary/aromatic N) is 4. The zero-order valence-corrected chi connectivity index (χ0v) is 14.9. The van der Waals surface area contributed by atoms with Gasteiger partial charge in [0.15, 0.2) is 5.65 Å². The van der Waals surface area contributed by atoms with E-state index in [1.165, 1.54) is 6.33 Å². The van der Waals surface area contributed by atoms with Crippen LogP contribution in [0.2, 0.25) is 0 Å². The number of carbonyl (C=O) groups is 1. The first kappa shape index (κ1) is 16.7. The van der Waals surface area contributed by atoms with Gasteiger partial charge in [0.2, 0.25) is 0 Å². The van der Waals surface area contributed by atoms with E-state index >= 15 is 0 Å². The number of ether oxygens (including phenoxy) is 1. The Morgan fingerprint density at radius 3 is 2.73 bits per heavy atom. The minimum atomic E-state index is -0.114. The highest BCUT2D eigenvalue weighted by Gasteiger charge is 2.33. The average Bonchev–Trinajstić information content (AvgIpc) is 3.15. The Morgan fingerprint density at radius 1 is 1.15 bits per heavy atom. The second-order valence-electron chi connectivity index (χ2n) is 7.01. The lowest BCUT2D eigenvalue weighted by Crippen LogP contribution is -2.48. The summed E-state index contributed by atoms with van der Waals surface area (Å²) in [5, 5.41) is 4.12. The van der Waals surface area contributed by atoms with Gasteiger partial charge in [0.1, 0.15) is 12.4 Å². The van der Waals surface area contributed by atoms with Crippen molar-refractivity contribution in [2.24, 2.45) is 5.92 Å². The molecule has 0 radical (unpaired) electrons. The van der Waals surface area contributed by atoms with Crippen molar-refractivity contribution in [3.63, 3.8) is 0 Å². The van der Waals surface area contributed by atoms with Crippen molar-refractivity contribution >= 4 is 11.6 Å². The lowest BCUT2D eigenvalue weighted by atomic mass is 10.0. The van der Waals surface area contributed by atoms with Crippen LogP contribution >= 0.6 is 0 Å². The van der Waals surface area contributed by atoms with Crippen LogP contribution in [0.1, 0.15) is 35.9 Å². The van der Waals surface area contributed by atoms with E-state index in [0.717, 1.165) is 11.2 Å². The van der Waals surface area contributed by atoms with Gasteiger partial charge in [-0.25, -0.2) is 9.50 Å². The first-order valence-electron chi connectivity index (χ1n) is 8.91. The second-order valence-corrected chi connectivity index (χ2v) is 7.01. The molecule has 1 saturated heterocycles. The van der Waals surface area contributed by atoms with Gasteiger partial charge < -0.3 is 9.64 Å². The van der Waals surface area contributed by atoms with Gasteiger partial charge in [0, 0.05) is 12.7 Å². The number of hydrogen-bond donors (Lipinski definition) is 0. The molecule has 2 atom stereocenters. The number of fused-ring (bicyclic) bond motifs is 1. The van der Waals surface area contributed by atoms with E-state index in [9.17, 15) is 4.79 Å². The minimum Gasteiger partial charge on any atom is -0.366 e. The zero-order valence-electron chi connectivity index (χ0n) is 14.9. The van der Waals surface area contributed by atoms with E-state index < -0.39 is 0 Å². The molecule has 0 aliphatic carbocycles. The molecular weight excluding hydrogens is 328 g/mol. The molecule has 1 aliphatic rings. The van der Waals surface area contributed by atoms with Crippen molar-refractivity contribution in [2.75, 3.05) is 13.1 Å². The zero-order chi connectivity index (χ0) is 18.1. The molecule has 1 amide bonds. The highest BCUT2D eigenvalue weighted by Crippen LogP contribution is 2.29. The maximum absolute atomic E-state index is 13.1. The van der Waals surface area contributed by atoms with Gasteiger partial charge in [0.25, 0.3) is 5.91 Å². The Balaban J connectivity index is 1.61. The molecule has 0 bridgehead atoms. The SMILES string of the molecule is CC(C)[C@H]1CN(C(=O)c2ccc3ncnn3c2)C[C@@H](c2ccccc2)O1. The van der Waals surface area contributed by atoms with Gasteiger partial charge in [-0.2, -0.15) is 5.10 Å². The van der Waals surface area contributed by atoms with Crippen molar-refractivity contribution in [3.8, 4) is 0 Å². The smallest absolute Gasteiger partial charge is 0.255 e. The molecule has 0 N–H and O–H groups in total. The van der Waals surface area contributed by atoms with Gasteiger partial charge in [-0.1, -0.05) is 44.2 Å². The van der Waals surface area contributed by atoms with Crippen molar-refractivity contribution in [3.05, 3.63) is 66.1 Å². The van der Waals surface area contributed by atoms with Crippen LogP contribution in [0, 0.1) is 5.92 Å². The number of amides is 1. The third kappa shape index (κ3) is 3.20. The van der Waals surface area contributed by atoms with E-state index in [2.05, 4.69) is 36.1 Å². The Kier molecular flexibility index (Phi) is 4.42. The van der Waals surface area contributed by atoms with Crippen LogP contribution in [0.3, 0.4) is 0 Å². The maximum atomic E-state index is 13.1. The summed E-state index contributed by atoms with van der Waals surface area (Å²) in [5.41, 5.74) is 2.44. The molecule has 6 heteroatoms. The van der Waals surface area contributed by atoms with E-state index in [1.54, 1.807) is 10.7 Å². The van der Waals surface area contributed by atoms with E-state index in [-0.39, 0.29) is 18.1 Å². The van der Waals surface area contributed by atoms with Crippen LogP contribution in [0.4, 0.5) is 0 Å². The molecule has 134 valence electrons. The van der Waals surface area contributed by atoms with E-state index in [4.69, 9.17) is 4.74 Å². The lowest BCUT2D eigenvalue weighted by molar-refractivity contribution is -0.0954. The van der Waals surface area contributed by atoms with E-state index in [0.29, 0.717) is 24.6 Å². The van der Waals surface area contributed by atoms with Gasteiger partial charge in [-0.05, 0) is 23.6 Å². The largest absolute Gasteiger partial charge is 0.366 e. The molecule has 0 unspecified atom stereocenters. The monoisotopic (exact) mass is 350 g/mol. The van der Waals surface area contributed by atoms with Crippen molar-refractivity contribution in [1.29, 1.82) is 0 Å². The summed E-state index contributed by atoms with van der Waals surface area (Å²) in [7, 11) is 0. The average molecular weight is 350 g/mol. The second kappa shape index (κ2) is 6.88. The molecule has 1 aromatic carbocycles. The molecule has 0 spiro atoms. The standard InChI is InChI=1S/C20H22N4O2/c1-14(2)17-11-23(12-18(26-17)15-6-4-3-5-7-15)20(25)16-8-9-19-21-13-22-24(19)10-16/h3-10,13-14,17-18H,11-12H2,1-2H3/t17-,18+/m1/s1. The highest BCUT2D eigenvalue weighted by atomic mass is 16.5. The Morgan fingerprint density at radius 2 is 1.96 bits per heavy atom. The highest BCUT2D eigenvalue weighted by molar-refractivity contribution is 5.94. The first-order valence-corrected chi connectivity index (χ1v) is 8.91. The van der Waals surface area contributed by atoms with E-state index in [1.807, 2.05) is 35.2 Å².